The minimum atomic E-state index is -0.248. The van der Waals surface area contributed by atoms with Gasteiger partial charge in [0.15, 0.2) is 0 Å². The summed E-state index contributed by atoms with van der Waals surface area (Å²) in [7, 11) is 2.04. The molecule has 5 heteroatoms. The van der Waals surface area contributed by atoms with Gasteiger partial charge in [-0.15, -0.1) is 0 Å². The van der Waals surface area contributed by atoms with Crippen molar-refractivity contribution in [1.29, 1.82) is 0 Å². The molecule has 1 aliphatic rings. The van der Waals surface area contributed by atoms with E-state index in [2.05, 4.69) is 15.7 Å². The Labute approximate surface area is 78.4 Å². The quantitative estimate of drug-likeness (QED) is 0.609. The summed E-state index contributed by atoms with van der Waals surface area (Å²) >= 11 is 0. The Morgan fingerprint density at radius 2 is 2.46 bits per heavy atom. The monoisotopic (exact) mass is 187 g/mol. The second-order valence-corrected chi connectivity index (χ2v) is 3.26. The molecule has 2 amide bonds. The van der Waals surface area contributed by atoms with E-state index in [-0.39, 0.29) is 12.1 Å². The van der Waals surface area contributed by atoms with Crippen molar-refractivity contribution >= 4 is 6.03 Å². The maximum Gasteiger partial charge on any atom is 0.338 e. The number of urea groups is 1. The summed E-state index contributed by atoms with van der Waals surface area (Å²) in [4.78, 5) is 18.0. The molecule has 5 nitrogen and oxygen atoms in total. The summed E-state index contributed by atoms with van der Waals surface area (Å²) in [6.07, 6.45) is 1.01. The maximum absolute atomic E-state index is 11.1. The van der Waals surface area contributed by atoms with Crippen LogP contribution in [0.3, 0.4) is 0 Å². The molecular formula is C8H17N3O2. The fourth-order valence-corrected chi connectivity index (χ4v) is 1.41. The van der Waals surface area contributed by atoms with Gasteiger partial charge < -0.3 is 10.2 Å². The van der Waals surface area contributed by atoms with Crippen LogP contribution in [-0.4, -0.2) is 43.7 Å². The molecule has 0 bridgehead atoms. The number of likely N-dealkylation sites (tertiary alicyclic amines) is 1. The average molecular weight is 187 g/mol. The van der Waals surface area contributed by atoms with Gasteiger partial charge in [0.1, 0.15) is 0 Å². The van der Waals surface area contributed by atoms with Crippen LogP contribution in [0.5, 0.6) is 0 Å². The first-order chi connectivity index (χ1) is 6.22. The first-order valence-corrected chi connectivity index (χ1v) is 4.59. The standard InChI is InChI=1S/C8H17N3O2/c1-3-13-10-8(12)9-7-4-5-11(2)6-7/h7H,3-6H2,1-2H3,(H2,9,10,12). The normalized spacial score (nSPS) is 23.1. The average Bonchev–Trinajstić information content (AvgIpc) is 2.48. The molecule has 1 aliphatic heterocycles. The predicted octanol–water partition coefficient (Wildman–Crippen LogP) is -0.0588. The van der Waals surface area contributed by atoms with Crippen molar-refractivity contribution in [2.45, 2.75) is 19.4 Å². The largest absolute Gasteiger partial charge is 0.338 e. The highest BCUT2D eigenvalue weighted by molar-refractivity contribution is 5.73. The summed E-state index contributed by atoms with van der Waals surface area (Å²) in [5.74, 6) is 0. The maximum atomic E-state index is 11.1. The Morgan fingerprint density at radius 1 is 1.69 bits per heavy atom. The lowest BCUT2D eigenvalue weighted by Gasteiger charge is -2.12. The third-order valence-corrected chi connectivity index (χ3v) is 2.04. The molecule has 1 fully saturated rings. The fourth-order valence-electron chi connectivity index (χ4n) is 1.41. The van der Waals surface area contributed by atoms with Crippen LogP contribution in [0.4, 0.5) is 4.79 Å². The number of carbonyl (C=O) groups is 1. The second-order valence-electron chi connectivity index (χ2n) is 3.26. The van der Waals surface area contributed by atoms with Gasteiger partial charge in [-0.05, 0) is 26.9 Å². The number of nitrogens with zero attached hydrogens (tertiary/aromatic N) is 1. The van der Waals surface area contributed by atoms with E-state index in [1.54, 1.807) is 0 Å². The van der Waals surface area contributed by atoms with Gasteiger partial charge in [-0.3, -0.25) is 4.84 Å². The van der Waals surface area contributed by atoms with Crippen LogP contribution in [-0.2, 0) is 4.84 Å². The Bertz CT molecular complexity index is 175. The van der Waals surface area contributed by atoms with Gasteiger partial charge in [0, 0.05) is 12.6 Å². The summed E-state index contributed by atoms with van der Waals surface area (Å²) in [5, 5.41) is 2.83. The molecule has 0 aromatic heterocycles. The number of rotatable bonds is 3. The second kappa shape index (κ2) is 5.04. The van der Waals surface area contributed by atoms with Gasteiger partial charge in [-0.2, -0.15) is 0 Å². The number of carbonyl (C=O) groups excluding carboxylic acids is 1. The van der Waals surface area contributed by atoms with Crippen LogP contribution >= 0.6 is 0 Å². The van der Waals surface area contributed by atoms with E-state index in [1.807, 2.05) is 14.0 Å². The molecule has 76 valence electrons. The van der Waals surface area contributed by atoms with Crippen LogP contribution in [0.1, 0.15) is 13.3 Å². The molecule has 0 aliphatic carbocycles. The van der Waals surface area contributed by atoms with Crippen molar-refractivity contribution in [3.05, 3.63) is 0 Å². The molecule has 1 unspecified atom stereocenters. The number of likely N-dealkylation sites (N-methyl/N-ethyl adjacent to an activating group) is 1. The van der Waals surface area contributed by atoms with Crippen LogP contribution in [0.25, 0.3) is 0 Å². The van der Waals surface area contributed by atoms with E-state index in [0.29, 0.717) is 6.61 Å². The Balaban J connectivity index is 2.13. The summed E-state index contributed by atoms with van der Waals surface area (Å²) in [6.45, 7) is 4.26. The highest BCUT2D eigenvalue weighted by Crippen LogP contribution is 2.05. The van der Waals surface area contributed by atoms with Crippen molar-refractivity contribution in [1.82, 2.24) is 15.7 Å². The zero-order chi connectivity index (χ0) is 9.68. The summed E-state index contributed by atoms with van der Waals surface area (Å²) in [5.41, 5.74) is 2.31. The Kier molecular flexibility index (Phi) is 3.98. The molecule has 0 spiro atoms. The Morgan fingerprint density at radius 3 is 3.00 bits per heavy atom. The highest BCUT2D eigenvalue weighted by Gasteiger charge is 2.20. The zero-order valence-corrected chi connectivity index (χ0v) is 8.17. The molecule has 1 atom stereocenters. The molecular weight excluding hydrogens is 170 g/mol. The third kappa shape index (κ3) is 3.61. The number of amides is 2. The van der Waals surface area contributed by atoms with Gasteiger partial charge in [-0.1, -0.05) is 0 Å². The lowest BCUT2D eigenvalue weighted by molar-refractivity contribution is 0.0696. The van der Waals surface area contributed by atoms with Gasteiger partial charge in [0.25, 0.3) is 0 Å². The molecule has 0 saturated carbocycles. The fraction of sp³-hybridized carbons (Fsp3) is 0.875. The van der Waals surface area contributed by atoms with E-state index < -0.39 is 0 Å². The van der Waals surface area contributed by atoms with Crippen LogP contribution < -0.4 is 10.8 Å². The molecule has 2 N–H and O–H groups in total. The van der Waals surface area contributed by atoms with E-state index in [0.717, 1.165) is 19.5 Å². The third-order valence-electron chi connectivity index (χ3n) is 2.04. The van der Waals surface area contributed by atoms with Gasteiger partial charge in [-0.25, -0.2) is 10.3 Å². The zero-order valence-electron chi connectivity index (χ0n) is 8.17. The SMILES string of the molecule is CCONC(=O)NC1CCN(C)C1. The number of nitrogens with one attached hydrogen (secondary N) is 2. The topological polar surface area (TPSA) is 53.6 Å². The molecule has 1 rings (SSSR count). The molecule has 0 aromatic carbocycles. The number of hydrogen-bond acceptors (Lipinski definition) is 3. The number of hydroxylamine groups is 1. The molecule has 0 aromatic rings. The summed E-state index contributed by atoms with van der Waals surface area (Å²) in [6, 6.07) is 0.00704. The van der Waals surface area contributed by atoms with Crippen molar-refractivity contribution in [3.63, 3.8) is 0 Å². The van der Waals surface area contributed by atoms with Crippen molar-refractivity contribution in [3.8, 4) is 0 Å². The lowest BCUT2D eigenvalue weighted by Crippen LogP contribution is -2.43. The molecule has 0 radical (unpaired) electrons. The van der Waals surface area contributed by atoms with Crippen LogP contribution in [0.15, 0.2) is 0 Å². The minimum absolute atomic E-state index is 0.248. The van der Waals surface area contributed by atoms with E-state index in [4.69, 9.17) is 4.84 Å². The van der Waals surface area contributed by atoms with E-state index in [1.165, 1.54) is 0 Å². The summed E-state index contributed by atoms with van der Waals surface area (Å²) < 4.78 is 0. The smallest absolute Gasteiger partial charge is 0.332 e. The van der Waals surface area contributed by atoms with Gasteiger partial charge in [0.05, 0.1) is 6.61 Å². The molecule has 1 saturated heterocycles. The van der Waals surface area contributed by atoms with E-state index in [9.17, 15) is 4.79 Å². The van der Waals surface area contributed by atoms with Gasteiger partial charge in [0.2, 0.25) is 0 Å². The first-order valence-electron chi connectivity index (χ1n) is 4.59. The van der Waals surface area contributed by atoms with Crippen molar-refractivity contribution in [2.75, 3.05) is 26.7 Å². The highest BCUT2D eigenvalue weighted by atomic mass is 16.7. The van der Waals surface area contributed by atoms with Crippen LogP contribution in [0.2, 0.25) is 0 Å². The number of hydrogen-bond donors (Lipinski definition) is 2. The van der Waals surface area contributed by atoms with Gasteiger partial charge >= 0.3 is 6.03 Å². The van der Waals surface area contributed by atoms with E-state index >= 15 is 0 Å². The van der Waals surface area contributed by atoms with Crippen molar-refractivity contribution in [2.24, 2.45) is 0 Å². The Hall–Kier alpha value is -0.810. The molecule has 13 heavy (non-hydrogen) atoms. The molecule has 1 heterocycles. The first kappa shape index (κ1) is 10.3. The lowest BCUT2D eigenvalue weighted by atomic mass is 10.3. The minimum Gasteiger partial charge on any atom is -0.332 e. The van der Waals surface area contributed by atoms with Crippen LogP contribution in [0, 0.1) is 0 Å². The predicted molar refractivity (Wildman–Crippen MR) is 49.2 cm³/mol. The van der Waals surface area contributed by atoms with Crippen molar-refractivity contribution < 1.29 is 9.63 Å².